The van der Waals surface area contributed by atoms with Gasteiger partial charge >= 0.3 is 0 Å². The summed E-state index contributed by atoms with van der Waals surface area (Å²) < 4.78 is 2.21. The molecule has 4 aromatic rings. The van der Waals surface area contributed by atoms with E-state index in [1.54, 1.807) is 0 Å². The lowest BCUT2D eigenvalue weighted by Crippen LogP contribution is -1.83. The minimum absolute atomic E-state index is 1.09. The molecule has 0 unspecified atom stereocenters. The van der Waals surface area contributed by atoms with Crippen LogP contribution in [0.3, 0.4) is 0 Å². The zero-order valence-electron chi connectivity index (χ0n) is 10.5. The number of hydrogen-bond acceptors (Lipinski definition) is 0. The molecule has 96 valence electrons. The van der Waals surface area contributed by atoms with Crippen LogP contribution in [-0.2, 0) is 0 Å². The highest BCUT2D eigenvalue weighted by Crippen LogP contribution is 2.39. The van der Waals surface area contributed by atoms with Crippen LogP contribution >= 0.6 is 31.9 Å². The highest BCUT2D eigenvalue weighted by molar-refractivity contribution is 9.13. The maximum absolute atomic E-state index is 3.74. The van der Waals surface area contributed by atoms with Gasteiger partial charge in [-0.25, -0.2) is 0 Å². The van der Waals surface area contributed by atoms with Gasteiger partial charge < -0.3 is 0 Å². The lowest BCUT2D eigenvalue weighted by Gasteiger charge is -2.10. The van der Waals surface area contributed by atoms with Crippen LogP contribution in [0.2, 0.25) is 0 Å². The van der Waals surface area contributed by atoms with Gasteiger partial charge in [-0.05, 0) is 64.9 Å². The fourth-order valence-corrected chi connectivity index (χ4v) is 3.73. The molecule has 0 nitrogen and oxygen atoms in total. The van der Waals surface area contributed by atoms with Gasteiger partial charge in [0.2, 0.25) is 0 Å². The van der Waals surface area contributed by atoms with Crippen molar-refractivity contribution in [2.75, 3.05) is 0 Å². The number of rotatable bonds is 0. The first kappa shape index (κ1) is 12.4. The number of hydrogen-bond donors (Lipinski definition) is 0. The molecule has 0 radical (unpaired) electrons. The first-order valence-corrected chi connectivity index (χ1v) is 8.02. The molecule has 0 fully saturated rings. The second-order valence-electron chi connectivity index (χ2n) is 4.91. The summed E-state index contributed by atoms with van der Waals surface area (Å²) in [4.78, 5) is 0. The summed E-state index contributed by atoms with van der Waals surface area (Å²) in [5.74, 6) is 0. The summed E-state index contributed by atoms with van der Waals surface area (Å²) in [6.07, 6.45) is 0. The Kier molecular flexibility index (Phi) is 2.83. The summed E-state index contributed by atoms with van der Waals surface area (Å²) in [5.41, 5.74) is 0. The topological polar surface area (TPSA) is 0 Å². The van der Waals surface area contributed by atoms with Crippen molar-refractivity contribution in [1.82, 2.24) is 0 Å². The van der Waals surface area contributed by atoms with E-state index >= 15 is 0 Å². The van der Waals surface area contributed by atoms with Crippen LogP contribution in [0.4, 0.5) is 0 Å². The van der Waals surface area contributed by atoms with Gasteiger partial charge in [-0.15, -0.1) is 0 Å². The molecule has 0 saturated heterocycles. The second-order valence-corrected chi connectivity index (χ2v) is 6.56. The predicted octanol–water partition coefficient (Wildman–Crippen LogP) is 6.67. The van der Waals surface area contributed by atoms with Crippen LogP contribution in [-0.4, -0.2) is 0 Å². The fraction of sp³-hybridized carbons (Fsp3) is 0. The van der Waals surface area contributed by atoms with Crippen molar-refractivity contribution in [2.45, 2.75) is 0 Å². The minimum Gasteiger partial charge on any atom is -0.0616 e. The summed E-state index contributed by atoms with van der Waals surface area (Å²) >= 11 is 7.36. The Morgan fingerprint density at radius 3 is 1.95 bits per heavy atom. The third-order valence-electron chi connectivity index (χ3n) is 3.78. The Morgan fingerprint density at radius 1 is 0.550 bits per heavy atom. The molecule has 0 heterocycles. The van der Waals surface area contributed by atoms with E-state index < -0.39 is 0 Å². The van der Waals surface area contributed by atoms with Crippen LogP contribution < -0.4 is 0 Å². The van der Waals surface area contributed by atoms with E-state index in [1.165, 1.54) is 32.3 Å². The summed E-state index contributed by atoms with van der Waals surface area (Å²) in [7, 11) is 0. The molecule has 0 N–H and O–H groups in total. The molecule has 0 atom stereocenters. The van der Waals surface area contributed by atoms with Crippen molar-refractivity contribution in [3.8, 4) is 0 Å². The maximum atomic E-state index is 3.74. The Bertz CT molecular complexity index is 966. The van der Waals surface area contributed by atoms with Gasteiger partial charge in [0.25, 0.3) is 0 Å². The van der Waals surface area contributed by atoms with Crippen molar-refractivity contribution in [3.05, 3.63) is 69.6 Å². The zero-order valence-corrected chi connectivity index (χ0v) is 13.7. The largest absolute Gasteiger partial charge is 0.0616 e. The monoisotopic (exact) mass is 384 g/mol. The van der Waals surface area contributed by atoms with Gasteiger partial charge in [0.05, 0.1) is 0 Å². The summed E-state index contributed by atoms with van der Waals surface area (Å²) in [5, 5.41) is 7.69. The van der Waals surface area contributed by atoms with E-state index in [9.17, 15) is 0 Å². The predicted molar refractivity (Wildman–Crippen MR) is 94.4 cm³/mol. The van der Waals surface area contributed by atoms with Crippen LogP contribution in [0.1, 0.15) is 0 Å². The Balaban J connectivity index is 2.39. The third kappa shape index (κ3) is 1.72. The molecule has 0 aromatic heterocycles. The fourth-order valence-electron chi connectivity index (χ4n) is 2.84. The van der Waals surface area contributed by atoms with E-state index in [4.69, 9.17) is 0 Å². The summed E-state index contributed by atoms with van der Waals surface area (Å²) in [6, 6.07) is 21.6. The molecule has 0 aliphatic heterocycles. The van der Waals surface area contributed by atoms with Gasteiger partial charge in [0.15, 0.2) is 0 Å². The molecule has 0 amide bonds. The van der Waals surface area contributed by atoms with Gasteiger partial charge in [-0.2, -0.15) is 0 Å². The summed E-state index contributed by atoms with van der Waals surface area (Å²) in [6.45, 7) is 0. The minimum atomic E-state index is 1.09. The van der Waals surface area contributed by atoms with Crippen molar-refractivity contribution in [3.63, 3.8) is 0 Å². The lowest BCUT2D eigenvalue weighted by molar-refractivity contribution is 1.68. The first-order chi connectivity index (χ1) is 9.75. The van der Waals surface area contributed by atoms with Crippen molar-refractivity contribution in [1.29, 1.82) is 0 Å². The lowest BCUT2D eigenvalue weighted by atomic mass is 9.96. The van der Waals surface area contributed by atoms with Crippen LogP contribution in [0, 0.1) is 0 Å². The van der Waals surface area contributed by atoms with E-state index in [1.807, 2.05) is 0 Å². The SMILES string of the molecule is Brc1ccc2ccc3ccc4ccccc4c3c2c1Br. The number of benzene rings is 4. The molecule has 0 aliphatic rings. The van der Waals surface area contributed by atoms with Crippen LogP contribution in [0.15, 0.2) is 69.6 Å². The molecule has 0 saturated carbocycles. The van der Waals surface area contributed by atoms with Crippen molar-refractivity contribution in [2.24, 2.45) is 0 Å². The third-order valence-corrected chi connectivity index (χ3v) is 5.80. The first-order valence-electron chi connectivity index (χ1n) is 6.44. The van der Waals surface area contributed by atoms with E-state index in [2.05, 4.69) is 92.5 Å². The van der Waals surface area contributed by atoms with Crippen molar-refractivity contribution >= 4 is 64.2 Å². The number of halogens is 2. The molecule has 0 spiro atoms. The van der Waals surface area contributed by atoms with Gasteiger partial charge in [-0.3, -0.25) is 0 Å². The maximum Gasteiger partial charge on any atom is 0.0402 e. The average Bonchev–Trinajstić information content (AvgIpc) is 2.50. The molecule has 2 heteroatoms. The van der Waals surface area contributed by atoms with Gasteiger partial charge in [0.1, 0.15) is 0 Å². The average molecular weight is 386 g/mol. The zero-order chi connectivity index (χ0) is 13.7. The number of fused-ring (bicyclic) bond motifs is 5. The highest BCUT2D eigenvalue weighted by atomic mass is 79.9. The van der Waals surface area contributed by atoms with E-state index in [-0.39, 0.29) is 0 Å². The quantitative estimate of drug-likeness (QED) is 0.296. The van der Waals surface area contributed by atoms with Crippen LogP contribution in [0.25, 0.3) is 32.3 Å². The normalized spacial score (nSPS) is 11.5. The van der Waals surface area contributed by atoms with Gasteiger partial charge in [-0.1, -0.05) is 54.6 Å². The van der Waals surface area contributed by atoms with Crippen LogP contribution in [0.5, 0.6) is 0 Å². The highest BCUT2D eigenvalue weighted by Gasteiger charge is 2.09. The smallest absolute Gasteiger partial charge is 0.0402 e. The molecular weight excluding hydrogens is 376 g/mol. The molecule has 4 rings (SSSR count). The Morgan fingerprint density at radius 2 is 1.15 bits per heavy atom. The Labute approximate surface area is 133 Å². The molecule has 20 heavy (non-hydrogen) atoms. The molecule has 0 aliphatic carbocycles. The standard InChI is InChI=1S/C18H10Br2/c19-15-10-9-13-8-7-12-6-5-11-3-1-2-4-14(11)16(12)17(13)18(15)20/h1-10H. The Hall–Kier alpha value is -1.38. The van der Waals surface area contributed by atoms with Gasteiger partial charge in [0, 0.05) is 14.3 Å². The molecular formula is C18H10Br2. The van der Waals surface area contributed by atoms with E-state index in [0.29, 0.717) is 0 Å². The second kappa shape index (κ2) is 4.57. The molecule has 4 aromatic carbocycles. The van der Waals surface area contributed by atoms with Crippen molar-refractivity contribution < 1.29 is 0 Å². The van der Waals surface area contributed by atoms with E-state index in [0.717, 1.165) is 8.95 Å². The molecule has 0 bridgehead atoms.